The summed E-state index contributed by atoms with van der Waals surface area (Å²) in [5.41, 5.74) is 0. The van der Waals surface area contributed by atoms with E-state index >= 15 is 0 Å². The van der Waals surface area contributed by atoms with E-state index in [-0.39, 0.29) is 5.97 Å². The van der Waals surface area contributed by atoms with Crippen LogP contribution in [-0.4, -0.2) is 43.3 Å². The molecule has 0 aromatic heterocycles. The van der Waals surface area contributed by atoms with Gasteiger partial charge in [-0.1, -0.05) is 33.1 Å². The summed E-state index contributed by atoms with van der Waals surface area (Å²) in [6, 6.07) is -0.615. The van der Waals surface area contributed by atoms with Crippen LogP contribution in [-0.2, 0) is 14.3 Å². The highest BCUT2D eigenvalue weighted by Crippen LogP contribution is 2.04. The van der Waals surface area contributed by atoms with Crippen molar-refractivity contribution in [1.82, 2.24) is 4.90 Å². The highest BCUT2D eigenvalue weighted by atomic mass is 16.6. The molecular weight excluding hydrogens is 246 g/mol. The minimum absolute atomic E-state index is 0.363. The standard InChI is InChI=1S/C14H27NO4/c1-5-7-8-9-11-18-13(16)12(3)15(4)14(17)19-10-6-2/h12H,5-11H2,1-4H3. The molecule has 0 heterocycles. The number of ether oxygens (including phenoxy) is 2. The number of carbonyl (C=O) groups is 2. The summed E-state index contributed by atoms with van der Waals surface area (Å²) in [7, 11) is 1.54. The van der Waals surface area contributed by atoms with Gasteiger partial charge in [0.15, 0.2) is 0 Å². The SMILES string of the molecule is CCCCCCOC(=O)C(C)N(C)C(=O)OCCC. The van der Waals surface area contributed by atoms with Crippen LogP contribution in [0.2, 0.25) is 0 Å². The summed E-state index contributed by atoms with van der Waals surface area (Å²) in [5.74, 6) is -0.382. The van der Waals surface area contributed by atoms with Crippen LogP contribution in [0.5, 0.6) is 0 Å². The molecule has 0 N–H and O–H groups in total. The molecule has 0 aliphatic heterocycles. The van der Waals surface area contributed by atoms with Crippen LogP contribution < -0.4 is 0 Å². The van der Waals surface area contributed by atoms with E-state index in [0.29, 0.717) is 13.2 Å². The van der Waals surface area contributed by atoms with Crippen molar-refractivity contribution in [3.8, 4) is 0 Å². The third-order valence-corrected chi connectivity index (χ3v) is 2.88. The van der Waals surface area contributed by atoms with Crippen molar-refractivity contribution in [2.24, 2.45) is 0 Å². The highest BCUT2D eigenvalue weighted by molar-refractivity contribution is 5.80. The minimum atomic E-state index is -0.615. The maximum atomic E-state index is 11.7. The van der Waals surface area contributed by atoms with Crippen LogP contribution in [0, 0.1) is 0 Å². The van der Waals surface area contributed by atoms with E-state index < -0.39 is 12.1 Å². The number of amides is 1. The Labute approximate surface area is 116 Å². The van der Waals surface area contributed by atoms with Gasteiger partial charge in [0, 0.05) is 7.05 Å². The number of esters is 1. The molecule has 0 rings (SSSR count). The maximum Gasteiger partial charge on any atom is 0.410 e. The second-order valence-electron chi connectivity index (χ2n) is 4.63. The van der Waals surface area contributed by atoms with E-state index in [2.05, 4.69) is 6.92 Å². The van der Waals surface area contributed by atoms with Gasteiger partial charge in [-0.3, -0.25) is 4.90 Å². The lowest BCUT2D eigenvalue weighted by atomic mass is 10.2. The fourth-order valence-corrected chi connectivity index (χ4v) is 1.43. The molecule has 0 aromatic carbocycles. The summed E-state index contributed by atoms with van der Waals surface area (Å²) in [6.07, 6.45) is 4.50. The zero-order valence-corrected chi connectivity index (χ0v) is 12.6. The normalized spacial score (nSPS) is 11.8. The minimum Gasteiger partial charge on any atom is -0.464 e. The first kappa shape index (κ1) is 17.7. The number of nitrogens with zero attached hydrogens (tertiary/aromatic N) is 1. The van der Waals surface area contributed by atoms with Gasteiger partial charge in [-0.2, -0.15) is 0 Å². The summed E-state index contributed by atoms with van der Waals surface area (Å²) in [6.45, 7) is 6.47. The van der Waals surface area contributed by atoms with E-state index in [1.165, 1.54) is 4.90 Å². The average Bonchev–Trinajstić information content (AvgIpc) is 2.42. The maximum absolute atomic E-state index is 11.7. The van der Waals surface area contributed by atoms with Gasteiger partial charge in [-0.25, -0.2) is 9.59 Å². The molecule has 1 amide bonds. The lowest BCUT2D eigenvalue weighted by Crippen LogP contribution is -2.41. The number of unbranched alkanes of at least 4 members (excludes halogenated alkanes) is 3. The molecule has 5 nitrogen and oxygen atoms in total. The lowest BCUT2D eigenvalue weighted by molar-refractivity contribution is -0.148. The zero-order chi connectivity index (χ0) is 14.7. The molecule has 0 bridgehead atoms. The molecule has 0 fully saturated rings. The molecule has 0 aliphatic carbocycles. The van der Waals surface area contributed by atoms with Gasteiger partial charge in [0.1, 0.15) is 6.04 Å². The third kappa shape index (κ3) is 7.70. The summed E-state index contributed by atoms with van der Waals surface area (Å²) >= 11 is 0. The van der Waals surface area contributed by atoms with Crippen LogP contribution in [0.15, 0.2) is 0 Å². The first-order valence-electron chi connectivity index (χ1n) is 7.10. The van der Waals surface area contributed by atoms with Gasteiger partial charge in [-0.05, 0) is 19.8 Å². The van der Waals surface area contributed by atoms with Crippen molar-refractivity contribution in [2.45, 2.75) is 58.9 Å². The lowest BCUT2D eigenvalue weighted by Gasteiger charge is -2.22. The molecule has 1 atom stereocenters. The quantitative estimate of drug-likeness (QED) is 0.478. The van der Waals surface area contributed by atoms with E-state index in [9.17, 15) is 9.59 Å². The molecular formula is C14H27NO4. The van der Waals surface area contributed by atoms with Crippen LogP contribution in [0.25, 0.3) is 0 Å². The van der Waals surface area contributed by atoms with Crippen molar-refractivity contribution in [3.05, 3.63) is 0 Å². The average molecular weight is 273 g/mol. The summed E-state index contributed by atoms with van der Waals surface area (Å²) < 4.78 is 10.1. The topological polar surface area (TPSA) is 55.8 Å². The van der Waals surface area contributed by atoms with Crippen LogP contribution in [0.3, 0.4) is 0 Å². The van der Waals surface area contributed by atoms with E-state index in [1.54, 1.807) is 14.0 Å². The first-order valence-corrected chi connectivity index (χ1v) is 7.10. The monoisotopic (exact) mass is 273 g/mol. The second-order valence-corrected chi connectivity index (χ2v) is 4.63. The smallest absolute Gasteiger partial charge is 0.410 e. The highest BCUT2D eigenvalue weighted by Gasteiger charge is 2.24. The number of hydrogen-bond acceptors (Lipinski definition) is 4. The van der Waals surface area contributed by atoms with Crippen molar-refractivity contribution in [2.75, 3.05) is 20.3 Å². The molecule has 0 spiro atoms. The molecule has 112 valence electrons. The van der Waals surface area contributed by atoms with E-state index in [4.69, 9.17) is 9.47 Å². The molecule has 0 radical (unpaired) electrons. The van der Waals surface area contributed by atoms with E-state index in [1.807, 2.05) is 6.92 Å². The fraction of sp³-hybridized carbons (Fsp3) is 0.857. The van der Waals surface area contributed by atoms with Gasteiger partial charge in [-0.15, -0.1) is 0 Å². The van der Waals surface area contributed by atoms with Gasteiger partial charge >= 0.3 is 12.1 Å². The number of hydrogen-bond donors (Lipinski definition) is 0. The Hall–Kier alpha value is -1.26. The Bertz CT molecular complexity index is 268. The van der Waals surface area contributed by atoms with Gasteiger partial charge in [0.2, 0.25) is 0 Å². The predicted molar refractivity (Wildman–Crippen MR) is 74.0 cm³/mol. The largest absolute Gasteiger partial charge is 0.464 e. The predicted octanol–water partition coefficient (Wildman–Crippen LogP) is 2.98. The second kappa shape index (κ2) is 10.6. The van der Waals surface area contributed by atoms with Gasteiger partial charge in [0.05, 0.1) is 13.2 Å². The summed E-state index contributed by atoms with van der Waals surface area (Å²) in [4.78, 5) is 24.6. The van der Waals surface area contributed by atoms with Crippen molar-refractivity contribution in [1.29, 1.82) is 0 Å². The third-order valence-electron chi connectivity index (χ3n) is 2.88. The van der Waals surface area contributed by atoms with Crippen molar-refractivity contribution in [3.63, 3.8) is 0 Å². The molecule has 0 aliphatic rings. The fourth-order valence-electron chi connectivity index (χ4n) is 1.43. The van der Waals surface area contributed by atoms with Crippen LogP contribution in [0.4, 0.5) is 4.79 Å². The number of carbonyl (C=O) groups excluding carboxylic acids is 2. The van der Waals surface area contributed by atoms with Crippen molar-refractivity contribution >= 4 is 12.1 Å². The van der Waals surface area contributed by atoms with Crippen molar-refractivity contribution < 1.29 is 19.1 Å². The Morgan fingerprint density at radius 3 is 2.26 bits per heavy atom. The van der Waals surface area contributed by atoms with Gasteiger partial charge < -0.3 is 9.47 Å². The van der Waals surface area contributed by atoms with Crippen LogP contribution in [0.1, 0.15) is 52.9 Å². The van der Waals surface area contributed by atoms with Crippen LogP contribution >= 0.6 is 0 Å². The molecule has 0 aromatic rings. The van der Waals surface area contributed by atoms with Gasteiger partial charge in [0.25, 0.3) is 0 Å². The molecule has 5 heteroatoms. The first-order chi connectivity index (χ1) is 9.04. The molecule has 19 heavy (non-hydrogen) atoms. The summed E-state index contributed by atoms with van der Waals surface area (Å²) in [5, 5.41) is 0. The Morgan fingerprint density at radius 1 is 1.00 bits per heavy atom. The Morgan fingerprint density at radius 2 is 1.68 bits per heavy atom. The Balaban J connectivity index is 3.93. The number of rotatable bonds is 9. The molecule has 0 saturated carbocycles. The molecule has 0 saturated heterocycles. The van der Waals surface area contributed by atoms with E-state index in [0.717, 1.165) is 32.1 Å². The Kier molecular flexibility index (Phi) is 9.94. The zero-order valence-electron chi connectivity index (χ0n) is 12.6. The number of likely N-dealkylation sites (N-methyl/N-ethyl adjacent to an activating group) is 1. The molecule has 1 unspecified atom stereocenters.